The van der Waals surface area contributed by atoms with E-state index in [9.17, 15) is 9.90 Å². The van der Waals surface area contributed by atoms with Gasteiger partial charge in [-0.15, -0.1) is 11.3 Å². The number of piperidine rings is 1. The van der Waals surface area contributed by atoms with Crippen molar-refractivity contribution in [3.8, 4) is 5.75 Å². The number of hydrogen-bond donors (Lipinski definition) is 1. The molecule has 1 fully saturated rings. The summed E-state index contributed by atoms with van der Waals surface area (Å²) in [6, 6.07) is 1.77. The van der Waals surface area contributed by atoms with Gasteiger partial charge in [0, 0.05) is 49.9 Å². The first-order valence-electron chi connectivity index (χ1n) is 7.67. The Labute approximate surface area is 139 Å². The average Bonchev–Trinajstić information content (AvgIpc) is 3.22. The van der Waals surface area contributed by atoms with Gasteiger partial charge in [-0.1, -0.05) is 0 Å². The number of amides is 1. The maximum absolute atomic E-state index is 12.6. The van der Waals surface area contributed by atoms with Crippen LogP contribution in [0.3, 0.4) is 0 Å². The Bertz CT molecular complexity index is 682. The van der Waals surface area contributed by atoms with E-state index in [1.165, 1.54) is 11.3 Å². The molecule has 124 valence electrons. The third-order valence-electron chi connectivity index (χ3n) is 4.34. The molecule has 1 N–H and O–H groups in total. The zero-order valence-corrected chi connectivity index (χ0v) is 14.1. The lowest BCUT2D eigenvalue weighted by molar-refractivity contribution is 0.0361. The number of carbonyl (C=O) groups excluding carboxylic acids is 1. The highest BCUT2D eigenvalue weighted by molar-refractivity contribution is 7.12. The van der Waals surface area contributed by atoms with Crippen molar-refractivity contribution < 1.29 is 14.6 Å². The number of thiophene rings is 1. The van der Waals surface area contributed by atoms with Gasteiger partial charge in [0.2, 0.25) is 0 Å². The van der Waals surface area contributed by atoms with Crippen LogP contribution < -0.4 is 4.74 Å². The molecule has 2 atom stereocenters. The fraction of sp³-hybridized carbons (Fsp3) is 0.500. The van der Waals surface area contributed by atoms with Gasteiger partial charge in [-0.05, 0) is 12.8 Å². The van der Waals surface area contributed by atoms with Gasteiger partial charge in [0.15, 0.2) is 0 Å². The SMILES string of the molecule is COc1csc(C(=O)N2CCCC(C(O)c3nccn3C)C2)c1. The van der Waals surface area contributed by atoms with E-state index in [2.05, 4.69) is 4.98 Å². The number of likely N-dealkylation sites (tertiary alicyclic amines) is 1. The van der Waals surface area contributed by atoms with Crippen molar-refractivity contribution in [2.45, 2.75) is 18.9 Å². The highest BCUT2D eigenvalue weighted by Crippen LogP contribution is 2.30. The van der Waals surface area contributed by atoms with Crippen molar-refractivity contribution in [2.75, 3.05) is 20.2 Å². The predicted octanol–water partition coefficient (Wildman–Crippen LogP) is 2.08. The smallest absolute Gasteiger partial charge is 0.264 e. The summed E-state index contributed by atoms with van der Waals surface area (Å²) in [5, 5.41) is 12.4. The zero-order chi connectivity index (χ0) is 16.4. The van der Waals surface area contributed by atoms with Crippen LogP contribution in [0, 0.1) is 5.92 Å². The first-order valence-corrected chi connectivity index (χ1v) is 8.55. The van der Waals surface area contributed by atoms with Gasteiger partial charge in [-0.3, -0.25) is 4.79 Å². The first kappa shape index (κ1) is 16.0. The van der Waals surface area contributed by atoms with Gasteiger partial charge in [-0.2, -0.15) is 0 Å². The number of methoxy groups -OCH3 is 1. The molecule has 0 aromatic carbocycles. The summed E-state index contributed by atoms with van der Waals surface area (Å²) >= 11 is 1.39. The summed E-state index contributed by atoms with van der Waals surface area (Å²) < 4.78 is 6.97. The summed E-state index contributed by atoms with van der Waals surface area (Å²) in [6.07, 6.45) is 4.64. The summed E-state index contributed by atoms with van der Waals surface area (Å²) in [5.41, 5.74) is 0. The quantitative estimate of drug-likeness (QED) is 0.929. The summed E-state index contributed by atoms with van der Waals surface area (Å²) in [5.74, 6) is 1.38. The third kappa shape index (κ3) is 3.25. The van der Waals surface area contributed by atoms with Crippen molar-refractivity contribution in [3.05, 3.63) is 34.5 Å². The maximum atomic E-state index is 12.6. The second-order valence-electron chi connectivity index (χ2n) is 5.85. The van der Waals surface area contributed by atoms with Crippen LogP contribution in [0.5, 0.6) is 5.75 Å². The van der Waals surface area contributed by atoms with Crippen LogP contribution in [0.4, 0.5) is 0 Å². The van der Waals surface area contributed by atoms with E-state index in [0.717, 1.165) is 19.4 Å². The topological polar surface area (TPSA) is 67.6 Å². The van der Waals surface area contributed by atoms with E-state index in [-0.39, 0.29) is 11.8 Å². The molecular weight excluding hydrogens is 314 g/mol. The normalized spacial score (nSPS) is 19.6. The molecule has 1 saturated heterocycles. The van der Waals surface area contributed by atoms with Crippen LogP contribution in [-0.4, -0.2) is 45.7 Å². The lowest BCUT2D eigenvalue weighted by Crippen LogP contribution is -2.41. The van der Waals surface area contributed by atoms with Crippen molar-refractivity contribution in [2.24, 2.45) is 13.0 Å². The Morgan fingerprint density at radius 1 is 1.57 bits per heavy atom. The standard InChI is InChI=1S/C16H21N3O3S/c1-18-7-5-17-15(18)14(20)11-4-3-6-19(9-11)16(21)13-8-12(22-2)10-23-13/h5,7-8,10-11,14,20H,3-4,6,9H2,1-2H3. The molecule has 0 radical (unpaired) electrons. The Balaban J connectivity index is 1.70. The van der Waals surface area contributed by atoms with Crippen molar-refractivity contribution >= 4 is 17.2 Å². The molecule has 7 heteroatoms. The summed E-state index contributed by atoms with van der Waals surface area (Å²) in [6.45, 7) is 1.27. The van der Waals surface area contributed by atoms with Crippen LogP contribution in [-0.2, 0) is 7.05 Å². The number of rotatable bonds is 4. The molecule has 0 aliphatic carbocycles. The number of imidazole rings is 1. The van der Waals surface area contributed by atoms with E-state index in [4.69, 9.17) is 4.74 Å². The molecule has 1 aliphatic rings. The molecule has 0 bridgehead atoms. The molecule has 2 aromatic rings. The molecule has 23 heavy (non-hydrogen) atoms. The van der Waals surface area contributed by atoms with Gasteiger partial charge in [-0.25, -0.2) is 4.98 Å². The number of aryl methyl sites for hydroxylation is 1. The summed E-state index contributed by atoms with van der Waals surface area (Å²) in [7, 11) is 3.46. The maximum Gasteiger partial charge on any atom is 0.264 e. The number of aliphatic hydroxyl groups excluding tert-OH is 1. The van der Waals surface area contributed by atoms with Crippen LogP contribution in [0.25, 0.3) is 0 Å². The van der Waals surface area contributed by atoms with E-state index in [0.29, 0.717) is 23.0 Å². The van der Waals surface area contributed by atoms with Crippen molar-refractivity contribution in [1.29, 1.82) is 0 Å². The minimum atomic E-state index is -0.650. The number of ether oxygens (including phenoxy) is 1. The van der Waals surface area contributed by atoms with Crippen LogP contribution in [0.15, 0.2) is 23.8 Å². The minimum Gasteiger partial charge on any atom is -0.496 e. The van der Waals surface area contributed by atoms with Gasteiger partial charge >= 0.3 is 0 Å². The minimum absolute atomic E-state index is 0.00930. The fourth-order valence-electron chi connectivity index (χ4n) is 3.02. The summed E-state index contributed by atoms with van der Waals surface area (Å²) in [4.78, 5) is 19.4. The number of nitrogens with zero attached hydrogens (tertiary/aromatic N) is 3. The number of aromatic nitrogens is 2. The third-order valence-corrected chi connectivity index (χ3v) is 5.23. The fourth-order valence-corrected chi connectivity index (χ4v) is 3.84. The van der Waals surface area contributed by atoms with Crippen molar-refractivity contribution in [3.63, 3.8) is 0 Å². The van der Waals surface area contributed by atoms with Crippen LogP contribution in [0.1, 0.15) is 34.4 Å². The Morgan fingerprint density at radius 2 is 2.39 bits per heavy atom. The lowest BCUT2D eigenvalue weighted by atomic mass is 9.92. The van der Waals surface area contributed by atoms with E-state index in [1.807, 2.05) is 28.1 Å². The molecule has 0 saturated carbocycles. The molecule has 3 rings (SSSR count). The van der Waals surface area contributed by atoms with Crippen LogP contribution >= 0.6 is 11.3 Å². The lowest BCUT2D eigenvalue weighted by Gasteiger charge is -2.34. The van der Waals surface area contributed by atoms with Gasteiger partial charge in [0.25, 0.3) is 5.91 Å². The second kappa shape index (κ2) is 6.72. The highest BCUT2D eigenvalue weighted by Gasteiger charge is 2.31. The van der Waals surface area contributed by atoms with Gasteiger partial charge in [0.1, 0.15) is 17.7 Å². The van der Waals surface area contributed by atoms with Gasteiger partial charge < -0.3 is 19.3 Å². The first-order chi connectivity index (χ1) is 11.1. The van der Waals surface area contributed by atoms with E-state index in [1.54, 1.807) is 19.4 Å². The molecule has 1 aliphatic heterocycles. The Hall–Kier alpha value is -1.86. The zero-order valence-electron chi connectivity index (χ0n) is 13.3. The molecule has 2 unspecified atom stereocenters. The monoisotopic (exact) mass is 335 g/mol. The molecule has 3 heterocycles. The molecule has 2 aromatic heterocycles. The van der Waals surface area contributed by atoms with Gasteiger partial charge in [0.05, 0.1) is 12.0 Å². The molecule has 0 spiro atoms. The second-order valence-corrected chi connectivity index (χ2v) is 6.76. The van der Waals surface area contributed by atoms with Crippen LogP contribution in [0.2, 0.25) is 0 Å². The predicted molar refractivity (Wildman–Crippen MR) is 87.7 cm³/mol. The number of aliphatic hydroxyl groups is 1. The Kier molecular flexibility index (Phi) is 4.68. The highest BCUT2D eigenvalue weighted by atomic mass is 32.1. The average molecular weight is 335 g/mol. The van der Waals surface area contributed by atoms with Crippen molar-refractivity contribution in [1.82, 2.24) is 14.5 Å². The molecular formula is C16H21N3O3S. The molecule has 1 amide bonds. The van der Waals surface area contributed by atoms with E-state index < -0.39 is 6.10 Å². The van der Waals surface area contributed by atoms with E-state index >= 15 is 0 Å². The number of hydrogen-bond acceptors (Lipinski definition) is 5. The largest absolute Gasteiger partial charge is 0.496 e. The Morgan fingerprint density at radius 3 is 3.04 bits per heavy atom. The number of carbonyl (C=O) groups is 1. The molecule has 6 nitrogen and oxygen atoms in total.